The molecule has 1 unspecified atom stereocenters. The lowest BCUT2D eigenvalue weighted by atomic mass is 10.2. The van der Waals surface area contributed by atoms with Crippen molar-refractivity contribution in [3.63, 3.8) is 0 Å². The number of hydrogen-bond donors (Lipinski definition) is 0. The quantitative estimate of drug-likeness (QED) is 0.646. The van der Waals surface area contributed by atoms with Gasteiger partial charge in [-0.05, 0) is 42.8 Å². The highest BCUT2D eigenvalue weighted by Crippen LogP contribution is 2.37. The van der Waals surface area contributed by atoms with Crippen molar-refractivity contribution < 1.29 is 14.3 Å². The Morgan fingerprint density at radius 1 is 1.42 bits per heavy atom. The van der Waals surface area contributed by atoms with E-state index in [0.717, 1.165) is 41.0 Å². The number of amides is 1. The van der Waals surface area contributed by atoms with Crippen LogP contribution in [0, 0.1) is 6.92 Å². The first-order valence-corrected chi connectivity index (χ1v) is 10.3. The summed E-state index contributed by atoms with van der Waals surface area (Å²) in [5.41, 5.74) is 1.94. The van der Waals surface area contributed by atoms with Crippen molar-refractivity contribution in [3.05, 3.63) is 40.1 Å². The Kier molecular flexibility index (Phi) is 4.93. The topological polar surface area (TPSA) is 51.7 Å². The minimum atomic E-state index is -0.0221. The van der Waals surface area contributed by atoms with Gasteiger partial charge in [0.25, 0.3) is 5.91 Å². The molecule has 1 fully saturated rings. The number of benzene rings is 1. The predicted molar refractivity (Wildman–Crippen MR) is 106 cm³/mol. The largest absolute Gasteiger partial charge is 0.494 e. The monoisotopic (exact) mass is 388 g/mol. The second-order valence-corrected chi connectivity index (χ2v) is 8.21. The molecule has 3 heterocycles. The predicted octanol–water partition coefficient (Wildman–Crippen LogP) is 4.50. The Morgan fingerprint density at radius 3 is 3.00 bits per heavy atom. The number of thiazole rings is 1. The number of aromatic nitrogens is 1. The van der Waals surface area contributed by atoms with Gasteiger partial charge >= 0.3 is 0 Å². The molecule has 7 heteroatoms. The van der Waals surface area contributed by atoms with Gasteiger partial charge in [0.05, 0.1) is 29.3 Å². The van der Waals surface area contributed by atoms with Crippen LogP contribution in [0.15, 0.2) is 29.6 Å². The van der Waals surface area contributed by atoms with Gasteiger partial charge in [0.15, 0.2) is 5.13 Å². The highest BCUT2D eigenvalue weighted by atomic mass is 32.1. The van der Waals surface area contributed by atoms with Crippen molar-refractivity contribution in [2.24, 2.45) is 0 Å². The van der Waals surface area contributed by atoms with Crippen LogP contribution in [0.5, 0.6) is 5.75 Å². The van der Waals surface area contributed by atoms with Gasteiger partial charge in [-0.1, -0.05) is 23.5 Å². The summed E-state index contributed by atoms with van der Waals surface area (Å²) in [7, 11) is 1.64. The summed E-state index contributed by atoms with van der Waals surface area (Å²) in [6, 6.07) is 7.70. The van der Waals surface area contributed by atoms with Gasteiger partial charge < -0.3 is 9.47 Å². The van der Waals surface area contributed by atoms with E-state index in [0.29, 0.717) is 16.6 Å². The molecule has 0 spiro atoms. The fourth-order valence-electron chi connectivity index (χ4n) is 3.15. The number of thiophene rings is 1. The fourth-order valence-corrected chi connectivity index (χ4v) is 4.88. The minimum Gasteiger partial charge on any atom is -0.494 e. The van der Waals surface area contributed by atoms with Gasteiger partial charge in [-0.3, -0.25) is 9.69 Å². The van der Waals surface area contributed by atoms with E-state index in [2.05, 4.69) is 6.92 Å². The van der Waals surface area contributed by atoms with Crippen LogP contribution in [0.25, 0.3) is 10.2 Å². The van der Waals surface area contributed by atoms with E-state index in [9.17, 15) is 4.79 Å². The highest BCUT2D eigenvalue weighted by Gasteiger charge is 2.28. The molecule has 1 saturated heterocycles. The maximum Gasteiger partial charge on any atom is 0.270 e. The molecule has 0 saturated carbocycles. The van der Waals surface area contributed by atoms with E-state index in [-0.39, 0.29) is 12.0 Å². The Hall–Kier alpha value is -1.96. The number of methoxy groups -OCH3 is 1. The van der Waals surface area contributed by atoms with Crippen molar-refractivity contribution in [1.29, 1.82) is 0 Å². The molecule has 0 radical (unpaired) electrons. The third-order valence-corrected chi connectivity index (χ3v) is 6.60. The van der Waals surface area contributed by atoms with Crippen LogP contribution in [-0.2, 0) is 4.74 Å². The van der Waals surface area contributed by atoms with Crippen molar-refractivity contribution in [3.8, 4) is 5.75 Å². The molecule has 0 aliphatic carbocycles. The minimum absolute atomic E-state index is 0.0221. The van der Waals surface area contributed by atoms with Gasteiger partial charge in [-0.15, -0.1) is 11.3 Å². The van der Waals surface area contributed by atoms with Crippen LogP contribution in [-0.4, -0.2) is 37.3 Å². The zero-order chi connectivity index (χ0) is 18.1. The lowest BCUT2D eigenvalue weighted by Gasteiger charge is -2.22. The number of ether oxygens (including phenoxy) is 2. The molecular weight excluding hydrogens is 368 g/mol. The van der Waals surface area contributed by atoms with Crippen molar-refractivity contribution >= 4 is 43.9 Å². The Balaban J connectivity index is 1.76. The van der Waals surface area contributed by atoms with Crippen LogP contribution in [0.1, 0.15) is 28.1 Å². The number of rotatable bonds is 5. The number of anilines is 1. The summed E-state index contributed by atoms with van der Waals surface area (Å²) in [6.07, 6.45) is 2.08. The van der Waals surface area contributed by atoms with E-state index in [1.807, 2.05) is 29.6 Å². The molecule has 1 aliphatic heterocycles. The average Bonchev–Trinajstić information content (AvgIpc) is 3.40. The Bertz CT molecular complexity index is 914. The third kappa shape index (κ3) is 3.22. The molecule has 1 atom stereocenters. The number of fused-ring (bicyclic) bond motifs is 1. The molecule has 3 aromatic rings. The SMILES string of the molecule is COc1ccc(C)c2sc(N(CC3CCCO3)C(=O)c3cccs3)nc12. The summed E-state index contributed by atoms with van der Waals surface area (Å²) < 4.78 is 12.3. The number of carbonyl (C=O) groups is 1. The second kappa shape index (κ2) is 7.34. The maximum absolute atomic E-state index is 13.1. The van der Waals surface area contributed by atoms with Crippen LogP contribution >= 0.6 is 22.7 Å². The normalized spacial score (nSPS) is 16.9. The number of hydrogen-bond acceptors (Lipinski definition) is 6. The van der Waals surface area contributed by atoms with Gasteiger partial charge in [0.2, 0.25) is 0 Å². The molecule has 1 aromatic carbocycles. The second-order valence-electron chi connectivity index (χ2n) is 6.29. The summed E-state index contributed by atoms with van der Waals surface area (Å²) in [5.74, 6) is 0.708. The van der Waals surface area contributed by atoms with E-state index in [4.69, 9.17) is 14.5 Å². The van der Waals surface area contributed by atoms with Gasteiger partial charge in [-0.25, -0.2) is 4.98 Å². The van der Waals surface area contributed by atoms with E-state index >= 15 is 0 Å². The lowest BCUT2D eigenvalue weighted by molar-refractivity contribution is 0.0920. The van der Waals surface area contributed by atoms with E-state index < -0.39 is 0 Å². The summed E-state index contributed by atoms with van der Waals surface area (Å²) >= 11 is 2.98. The molecule has 26 heavy (non-hydrogen) atoms. The van der Waals surface area contributed by atoms with Crippen molar-refractivity contribution in [1.82, 2.24) is 4.98 Å². The molecule has 0 bridgehead atoms. The van der Waals surface area contributed by atoms with Gasteiger partial charge in [0, 0.05) is 6.61 Å². The third-order valence-electron chi connectivity index (χ3n) is 4.53. The number of carbonyl (C=O) groups excluding carboxylic acids is 1. The molecule has 136 valence electrons. The molecule has 2 aromatic heterocycles. The molecule has 5 nitrogen and oxygen atoms in total. The van der Waals surface area contributed by atoms with Gasteiger partial charge in [0.1, 0.15) is 11.3 Å². The summed E-state index contributed by atoms with van der Waals surface area (Å²) in [4.78, 5) is 20.4. The molecule has 0 N–H and O–H groups in total. The highest BCUT2D eigenvalue weighted by molar-refractivity contribution is 7.22. The summed E-state index contributed by atoms with van der Waals surface area (Å²) in [6.45, 7) is 3.34. The van der Waals surface area contributed by atoms with Gasteiger partial charge in [-0.2, -0.15) is 0 Å². The maximum atomic E-state index is 13.1. The molecule has 1 aliphatic rings. The van der Waals surface area contributed by atoms with Crippen LogP contribution in [0.2, 0.25) is 0 Å². The van der Waals surface area contributed by atoms with Crippen LogP contribution in [0.4, 0.5) is 5.13 Å². The molecule has 4 rings (SSSR count). The van der Waals surface area contributed by atoms with E-state index in [1.165, 1.54) is 22.7 Å². The zero-order valence-electron chi connectivity index (χ0n) is 14.7. The first-order chi connectivity index (χ1) is 12.7. The Morgan fingerprint density at radius 2 is 2.31 bits per heavy atom. The average molecular weight is 389 g/mol. The molecular formula is C19H20N2O3S2. The standard InChI is InChI=1S/C19H20N2O3S2/c1-12-7-8-14(23-2)16-17(12)26-19(20-16)21(11-13-5-3-9-24-13)18(22)15-6-4-10-25-15/h4,6-8,10,13H,3,5,9,11H2,1-2H3. The zero-order valence-corrected chi connectivity index (χ0v) is 16.4. The van der Waals surface area contributed by atoms with Crippen molar-refractivity contribution in [2.75, 3.05) is 25.2 Å². The number of nitrogens with zero attached hydrogens (tertiary/aromatic N) is 2. The number of aryl methyl sites for hydroxylation is 1. The molecule has 1 amide bonds. The first-order valence-electron chi connectivity index (χ1n) is 8.58. The van der Waals surface area contributed by atoms with Crippen LogP contribution in [0.3, 0.4) is 0 Å². The van der Waals surface area contributed by atoms with E-state index in [1.54, 1.807) is 12.0 Å². The first kappa shape index (κ1) is 17.5. The smallest absolute Gasteiger partial charge is 0.270 e. The lowest BCUT2D eigenvalue weighted by Crippen LogP contribution is -2.37. The van der Waals surface area contributed by atoms with Crippen molar-refractivity contribution in [2.45, 2.75) is 25.9 Å². The summed E-state index contributed by atoms with van der Waals surface area (Å²) in [5, 5.41) is 2.62. The fraction of sp³-hybridized carbons (Fsp3) is 0.368. The van der Waals surface area contributed by atoms with Crippen LogP contribution < -0.4 is 9.64 Å². The Labute approximate surface area is 160 Å².